The molecule has 0 fully saturated rings. The van der Waals surface area contributed by atoms with E-state index in [1.807, 2.05) is 30.3 Å². The van der Waals surface area contributed by atoms with Crippen molar-refractivity contribution >= 4 is 11.2 Å². The summed E-state index contributed by atoms with van der Waals surface area (Å²) in [6, 6.07) is 14.2. The van der Waals surface area contributed by atoms with Crippen LogP contribution in [-0.4, -0.2) is 19.9 Å². The van der Waals surface area contributed by atoms with E-state index in [0.717, 1.165) is 33.5 Å². The molecule has 1 aromatic carbocycles. The molecule has 0 spiro atoms. The predicted molar refractivity (Wildman–Crippen MR) is 82.6 cm³/mol. The zero-order valence-corrected chi connectivity index (χ0v) is 11.2. The van der Waals surface area contributed by atoms with Crippen LogP contribution in [0.5, 0.6) is 0 Å². The zero-order valence-electron chi connectivity index (χ0n) is 11.2. The topological polar surface area (TPSA) is 54.5 Å². The summed E-state index contributed by atoms with van der Waals surface area (Å²) in [5.74, 6) is 0. The van der Waals surface area contributed by atoms with Gasteiger partial charge in [0.1, 0.15) is 5.52 Å². The molecule has 4 heteroatoms. The molecule has 3 heterocycles. The van der Waals surface area contributed by atoms with E-state index in [9.17, 15) is 0 Å². The molecule has 0 saturated heterocycles. The number of benzene rings is 1. The highest BCUT2D eigenvalue weighted by molar-refractivity contribution is 5.99. The van der Waals surface area contributed by atoms with E-state index in [1.165, 1.54) is 0 Å². The van der Waals surface area contributed by atoms with Crippen LogP contribution in [0, 0.1) is 0 Å². The number of hydrogen-bond donors (Lipinski definition) is 1. The summed E-state index contributed by atoms with van der Waals surface area (Å²) in [5, 5.41) is 0. The highest BCUT2D eigenvalue weighted by atomic mass is 14.9. The molecule has 0 aliphatic heterocycles. The summed E-state index contributed by atoms with van der Waals surface area (Å²) >= 11 is 0. The summed E-state index contributed by atoms with van der Waals surface area (Å²) < 4.78 is 0. The first-order valence-electron chi connectivity index (χ1n) is 6.72. The van der Waals surface area contributed by atoms with E-state index < -0.39 is 0 Å². The number of pyridine rings is 1. The summed E-state index contributed by atoms with van der Waals surface area (Å²) in [6.07, 6.45) is 7.00. The van der Waals surface area contributed by atoms with Crippen molar-refractivity contribution in [3.05, 3.63) is 67.3 Å². The van der Waals surface area contributed by atoms with Gasteiger partial charge in [0.25, 0.3) is 0 Å². The van der Waals surface area contributed by atoms with Crippen LogP contribution in [0.2, 0.25) is 0 Å². The van der Waals surface area contributed by atoms with Gasteiger partial charge in [-0.1, -0.05) is 30.3 Å². The van der Waals surface area contributed by atoms with Crippen molar-refractivity contribution < 1.29 is 0 Å². The third-order valence-electron chi connectivity index (χ3n) is 3.46. The molecule has 0 atom stereocenters. The highest BCUT2D eigenvalue weighted by Gasteiger charge is 2.16. The van der Waals surface area contributed by atoms with Crippen LogP contribution < -0.4 is 0 Å². The fraction of sp³-hybridized carbons (Fsp3) is 0. The van der Waals surface area contributed by atoms with E-state index in [4.69, 9.17) is 0 Å². The molecule has 0 amide bonds. The number of hydrogen-bond acceptors (Lipinski definition) is 3. The van der Waals surface area contributed by atoms with Crippen molar-refractivity contribution in [2.45, 2.75) is 0 Å². The molecule has 0 radical (unpaired) electrons. The van der Waals surface area contributed by atoms with Crippen LogP contribution in [0.15, 0.2) is 67.3 Å². The van der Waals surface area contributed by atoms with Crippen LogP contribution in [0.4, 0.5) is 0 Å². The van der Waals surface area contributed by atoms with E-state index in [1.54, 1.807) is 24.8 Å². The number of fused-ring (bicyclic) bond motifs is 1. The third-order valence-corrected chi connectivity index (χ3v) is 3.46. The second-order valence-electron chi connectivity index (χ2n) is 4.73. The minimum absolute atomic E-state index is 0.795. The van der Waals surface area contributed by atoms with E-state index in [-0.39, 0.29) is 0 Å². The number of rotatable bonds is 2. The predicted octanol–water partition coefficient (Wildman–Crippen LogP) is 3.69. The number of H-pyrrole nitrogens is 1. The van der Waals surface area contributed by atoms with Crippen LogP contribution >= 0.6 is 0 Å². The second kappa shape index (κ2) is 4.83. The molecule has 4 aromatic rings. The van der Waals surface area contributed by atoms with Gasteiger partial charge in [0.05, 0.1) is 5.69 Å². The Kier molecular flexibility index (Phi) is 2.71. The number of aromatic nitrogens is 4. The Labute approximate surface area is 121 Å². The van der Waals surface area contributed by atoms with Gasteiger partial charge in [-0.15, -0.1) is 0 Å². The Morgan fingerprint density at radius 2 is 1.48 bits per heavy atom. The molecular weight excluding hydrogens is 260 g/mol. The monoisotopic (exact) mass is 272 g/mol. The summed E-state index contributed by atoms with van der Waals surface area (Å²) in [6.45, 7) is 0. The van der Waals surface area contributed by atoms with Crippen LogP contribution in [0.3, 0.4) is 0 Å². The lowest BCUT2D eigenvalue weighted by molar-refractivity contribution is 1.26. The lowest BCUT2D eigenvalue weighted by Crippen LogP contribution is -1.83. The van der Waals surface area contributed by atoms with Crippen molar-refractivity contribution in [2.75, 3.05) is 0 Å². The van der Waals surface area contributed by atoms with Crippen molar-refractivity contribution in [1.82, 2.24) is 19.9 Å². The maximum Gasteiger partial charge on any atom is 0.157 e. The molecule has 100 valence electrons. The minimum atomic E-state index is 0.795. The van der Waals surface area contributed by atoms with Gasteiger partial charge >= 0.3 is 0 Å². The van der Waals surface area contributed by atoms with Gasteiger partial charge in [0.15, 0.2) is 5.65 Å². The molecule has 3 aromatic heterocycles. The summed E-state index contributed by atoms with van der Waals surface area (Å²) in [7, 11) is 0. The Morgan fingerprint density at radius 3 is 2.29 bits per heavy atom. The van der Waals surface area contributed by atoms with Gasteiger partial charge in [-0.2, -0.15) is 0 Å². The molecule has 0 unspecified atom stereocenters. The maximum atomic E-state index is 4.49. The van der Waals surface area contributed by atoms with Crippen LogP contribution in [0.25, 0.3) is 33.5 Å². The van der Waals surface area contributed by atoms with Crippen molar-refractivity contribution in [2.24, 2.45) is 0 Å². The van der Waals surface area contributed by atoms with E-state index in [2.05, 4.69) is 32.1 Å². The zero-order chi connectivity index (χ0) is 14.1. The summed E-state index contributed by atoms with van der Waals surface area (Å²) in [5.41, 5.74) is 5.97. The Hall–Kier alpha value is -3.01. The smallest absolute Gasteiger partial charge is 0.157 e. The van der Waals surface area contributed by atoms with Gasteiger partial charge < -0.3 is 4.98 Å². The van der Waals surface area contributed by atoms with E-state index in [0.29, 0.717) is 0 Å². The first-order chi connectivity index (χ1) is 10.4. The van der Waals surface area contributed by atoms with Gasteiger partial charge in [-0.05, 0) is 17.7 Å². The summed E-state index contributed by atoms with van der Waals surface area (Å²) in [4.78, 5) is 16.3. The van der Waals surface area contributed by atoms with E-state index >= 15 is 0 Å². The van der Waals surface area contributed by atoms with Crippen molar-refractivity contribution in [1.29, 1.82) is 0 Å². The van der Waals surface area contributed by atoms with Gasteiger partial charge in [0, 0.05) is 35.9 Å². The lowest BCUT2D eigenvalue weighted by atomic mass is 10.0. The molecule has 0 aliphatic rings. The maximum absolute atomic E-state index is 4.49. The largest absolute Gasteiger partial charge is 0.337 e. The minimum Gasteiger partial charge on any atom is -0.337 e. The molecular formula is C17H12N4. The fourth-order valence-corrected chi connectivity index (χ4v) is 2.53. The second-order valence-corrected chi connectivity index (χ2v) is 4.73. The fourth-order valence-electron chi connectivity index (χ4n) is 2.53. The lowest BCUT2D eigenvalue weighted by Gasteiger charge is -2.04. The first kappa shape index (κ1) is 11.8. The molecule has 4 nitrogen and oxygen atoms in total. The Bertz CT molecular complexity index is 882. The van der Waals surface area contributed by atoms with Gasteiger partial charge in [-0.3, -0.25) is 9.97 Å². The molecule has 0 bridgehead atoms. The molecule has 0 saturated carbocycles. The normalized spacial score (nSPS) is 10.9. The Morgan fingerprint density at radius 1 is 0.714 bits per heavy atom. The molecule has 0 aliphatic carbocycles. The standard InChI is InChI=1S/C17H12N4/c1-2-4-12(5-3-1)14-15(13-6-8-18-9-7-13)21-17-16(14)19-10-11-20-17/h1-11H,(H,20,21). The number of nitrogens with zero attached hydrogens (tertiary/aromatic N) is 3. The first-order valence-corrected chi connectivity index (χ1v) is 6.72. The van der Waals surface area contributed by atoms with Crippen LogP contribution in [0.1, 0.15) is 0 Å². The number of aromatic amines is 1. The van der Waals surface area contributed by atoms with Gasteiger partial charge in [-0.25, -0.2) is 4.98 Å². The molecule has 1 N–H and O–H groups in total. The average molecular weight is 272 g/mol. The van der Waals surface area contributed by atoms with Crippen molar-refractivity contribution in [3.63, 3.8) is 0 Å². The van der Waals surface area contributed by atoms with Crippen molar-refractivity contribution in [3.8, 4) is 22.4 Å². The van der Waals surface area contributed by atoms with Crippen LogP contribution in [-0.2, 0) is 0 Å². The number of nitrogens with one attached hydrogen (secondary N) is 1. The highest BCUT2D eigenvalue weighted by Crippen LogP contribution is 2.36. The quantitative estimate of drug-likeness (QED) is 0.605. The average Bonchev–Trinajstić information content (AvgIpc) is 2.96. The van der Waals surface area contributed by atoms with Gasteiger partial charge in [0.2, 0.25) is 0 Å². The third kappa shape index (κ3) is 1.97. The SMILES string of the molecule is c1ccc(-c2c(-c3ccncc3)[nH]c3nccnc23)cc1. The Balaban J connectivity index is 2.07. The molecule has 4 rings (SSSR count). The molecule has 21 heavy (non-hydrogen) atoms.